The van der Waals surface area contributed by atoms with E-state index in [4.69, 9.17) is 39.1 Å². The predicted octanol–water partition coefficient (Wildman–Crippen LogP) is -1.92. The van der Waals surface area contributed by atoms with Crippen LogP contribution in [0.1, 0.15) is 0 Å². The van der Waals surface area contributed by atoms with Crippen molar-refractivity contribution in [3.05, 3.63) is 0 Å². The molecule has 0 saturated carbocycles. The van der Waals surface area contributed by atoms with Crippen molar-refractivity contribution < 1.29 is 62.2 Å². The van der Waals surface area contributed by atoms with Crippen LogP contribution < -0.4 is 0 Å². The van der Waals surface area contributed by atoms with Crippen molar-refractivity contribution in [3.63, 3.8) is 0 Å². The van der Waals surface area contributed by atoms with Crippen LogP contribution in [-0.4, -0.2) is 54.1 Å². The van der Waals surface area contributed by atoms with E-state index in [1.165, 1.54) is 0 Å². The highest BCUT2D eigenvalue weighted by Crippen LogP contribution is 2.65. The fourth-order valence-electron chi connectivity index (χ4n) is 0.829. The summed E-state index contributed by atoms with van der Waals surface area (Å²) in [5.41, 5.74) is 0. The molecule has 0 aliphatic heterocycles. The van der Waals surface area contributed by atoms with E-state index in [-0.39, 0.29) is 0 Å². The molecule has 0 saturated heterocycles. The van der Waals surface area contributed by atoms with Gasteiger partial charge in [-0.25, -0.2) is 23.1 Å². The van der Waals surface area contributed by atoms with Gasteiger partial charge >= 0.3 is 37.0 Å². The molecule has 120 valence electrons. The molecular weight excluding hydrogens is 372 g/mol. The average Bonchev–Trinajstić information content (AvgIpc) is 1.88. The fourth-order valence-corrected chi connectivity index (χ4v) is 4.79. The molecule has 0 rings (SSSR count). The van der Waals surface area contributed by atoms with Crippen molar-refractivity contribution in [1.29, 1.82) is 0 Å². The minimum Gasteiger partial charge on any atom is -0.308 e. The molecule has 0 aromatic carbocycles. The van der Waals surface area contributed by atoms with E-state index in [2.05, 4.69) is 0 Å². The van der Waals surface area contributed by atoms with Crippen molar-refractivity contribution in [2.24, 2.45) is 0 Å². The van der Waals surface area contributed by atoms with Crippen LogP contribution in [-0.2, 0) is 18.3 Å². The van der Waals surface area contributed by atoms with Crippen molar-refractivity contribution >= 4 is 37.0 Å². The highest BCUT2D eigenvalue weighted by Gasteiger charge is 2.54. The molecule has 0 heterocycles. The van der Waals surface area contributed by atoms with Gasteiger partial charge in [-0.15, -0.1) is 8.88 Å². The van der Waals surface area contributed by atoms with Gasteiger partial charge in [0.15, 0.2) is 0 Å². The third-order valence-electron chi connectivity index (χ3n) is 1.33. The third-order valence-corrected chi connectivity index (χ3v) is 6.78. The number of hydrogen-bond donors (Lipinski definition) is 8. The summed E-state index contributed by atoms with van der Waals surface area (Å²) in [5, 5.41) is 0. The molecule has 0 bridgehead atoms. The summed E-state index contributed by atoms with van der Waals surface area (Å²) in [6, 6.07) is -2.95. The summed E-state index contributed by atoms with van der Waals surface area (Å²) >= 11 is 0. The quantitative estimate of drug-likeness (QED) is 0.248. The maximum Gasteiger partial charge on any atom is 0.442 e. The first-order valence-corrected chi connectivity index (χ1v) is 10.0. The first-order valence-electron chi connectivity index (χ1n) is 3.78. The Morgan fingerprint density at radius 1 is 0.550 bits per heavy atom. The maximum atomic E-state index is 11.3. The Morgan fingerprint density at radius 2 is 0.700 bits per heavy atom. The minimum atomic E-state index is -6.15. The second-order valence-corrected chi connectivity index (χ2v) is 9.25. The Labute approximate surface area is 109 Å². The summed E-state index contributed by atoms with van der Waals surface area (Å²) in [6.45, 7) is 0. The molecule has 0 aromatic rings. The zero-order valence-corrected chi connectivity index (χ0v) is 12.4. The summed E-state index contributed by atoms with van der Waals surface area (Å²) < 4.78 is 39.7. The number of carbonyl (C=O) groups excluding carboxylic acids is 1. The van der Waals surface area contributed by atoms with E-state index < -0.39 is 45.9 Å². The van der Waals surface area contributed by atoms with Gasteiger partial charge in [0.25, 0.3) is 0 Å². The van der Waals surface area contributed by atoms with E-state index in [0.29, 0.717) is 0 Å². The molecule has 0 radical (unpaired) electrons. The fraction of sp³-hybridized carbons (Fsp3) is 0. The molecule has 0 atom stereocenters. The van der Waals surface area contributed by atoms with Gasteiger partial charge in [-0.2, -0.15) is 0 Å². The molecular formula is CH8N2O13P4. The molecule has 0 spiro atoms. The zero-order valence-electron chi connectivity index (χ0n) is 8.80. The van der Waals surface area contributed by atoms with Gasteiger partial charge < -0.3 is 39.1 Å². The van der Waals surface area contributed by atoms with Crippen LogP contribution in [0.3, 0.4) is 0 Å². The Kier molecular flexibility index (Phi) is 5.54. The second kappa shape index (κ2) is 5.58. The molecule has 2 amide bonds. The highest BCUT2D eigenvalue weighted by atomic mass is 31.3. The molecule has 0 unspecified atom stereocenters. The smallest absolute Gasteiger partial charge is 0.308 e. The standard InChI is InChI=1S/CH8N2O13P4/c4-1(2(17(5,6)7)18(8,9)10)3(19(11,12)13)20(14,15)16/h(H2,5,6,7)(H2,8,9,10)(H2,11,12,13)(H2,14,15,16). The average molecular weight is 380 g/mol. The van der Waals surface area contributed by atoms with Crippen molar-refractivity contribution in [2.75, 3.05) is 0 Å². The maximum absolute atomic E-state index is 11.3. The van der Waals surface area contributed by atoms with Crippen LogP contribution in [0.2, 0.25) is 0 Å². The van der Waals surface area contributed by atoms with Crippen LogP contribution in [0.5, 0.6) is 0 Å². The van der Waals surface area contributed by atoms with Crippen LogP contribution in [0.4, 0.5) is 4.79 Å². The highest BCUT2D eigenvalue weighted by molar-refractivity contribution is 7.69. The zero-order chi connectivity index (χ0) is 16.7. The Morgan fingerprint density at radius 3 is 0.800 bits per heavy atom. The van der Waals surface area contributed by atoms with Gasteiger partial charge in [-0.1, -0.05) is 0 Å². The first-order chi connectivity index (χ1) is 8.40. The molecule has 0 fully saturated rings. The lowest BCUT2D eigenvalue weighted by atomic mass is 11.2. The van der Waals surface area contributed by atoms with Crippen molar-refractivity contribution in [3.8, 4) is 0 Å². The summed E-state index contributed by atoms with van der Waals surface area (Å²) in [5.74, 6) is 0. The first kappa shape index (κ1) is 19.9. The van der Waals surface area contributed by atoms with Gasteiger partial charge in [0.2, 0.25) is 0 Å². The lowest BCUT2D eigenvalue weighted by Crippen LogP contribution is -2.35. The molecule has 20 heavy (non-hydrogen) atoms. The third kappa shape index (κ3) is 5.01. The Hall–Kier alpha value is -0.130. The van der Waals surface area contributed by atoms with Crippen LogP contribution >= 0.6 is 31.0 Å². The monoisotopic (exact) mass is 380 g/mol. The lowest BCUT2D eigenvalue weighted by Gasteiger charge is -2.30. The van der Waals surface area contributed by atoms with Crippen molar-refractivity contribution in [2.45, 2.75) is 0 Å². The molecule has 19 heteroatoms. The van der Waals surface area contributed by atoms with E-state index in [9.17, 15) is 23.1 Å². The molecule has 0 aliphatic carbocycles. The number of rotatable bonds is 4. The van der Waals surface area contributed by atoms with Crippen LogP contribution in [0.15, 0.2) is 0 Å². The minimum absolute atomic E-state index is 1.65. The van der Waals surface area contributed by atoms with Gasteiger partial charge in [-0.05, 0) is 0 Å². The van der Waals surface area contributed by atoms with Gasteiger partial charge in [0, 0.05) is 0 Å². The van der Waals surface area contributed by atoms with Crippen LogP contribution in [0.25, 0.3) is 0 Å². The molecule has 8 N–H and O–H groups in total. The number of hydrogen-bond acceptors (Lipinski definition) is 5. The normalized spacial score (nSPS) is 14.0. The SMILES string of the molecule is O=C(N(P(=O)(O)O)P(=O)(O)O)N(P(=O)(O)O)P(=O)(O)O. The topological polar surface area (TPSA) is 254 Å². The molecule has 0 aliphatic rings. The van der Waals surface area contributed by atoms with E-state index in [0.717, 1.165) is 0 Å². The largest absolute Gasteiger partial charge is 0.442 e. The number of urea groups is 1. The van der Waals surface area contributed by atoms with E-state index in [1.54, 1.807) is 0 Å². The van der Waals surface area contributed by atoms with Gasteiger partial charge in [0.05, 0.1) is 0 Å². The lowest BCUT2D eigenvalue weighted by molar-refractivity contribution is 0.196. The van der Waals surface area contributed by atoms with Gasteiger partial charge in [0.1, 0.15) is 0 Å². The summed E-state index contributed by atoms with van der Waals surface area (Å²) in [7, 11) is -24.6. The van der Waals surface area contributed by atoms with E-state index in [1.807, 2.05) is 0 Å². The van der Waals surface area contributed by atoms with Crippen LogP contribution in [0, 0.1) is 0 Å². The van der Waals surface area contributed by atoms with Gasteiger partial charge in [-0.3, -0.25) is 0 Å². The number of carbonyl (C=O) groups is 1. The Bertz CT molecular complexity index is 475. The van der Waals surface area contributed by atoms with Crippen molar-refractivity contribution in [1.82, 2.24) is 8.88 Å². The number of amides is 2. The molecule has 0 aromatic heterocycles. The Balaban J connectivity index is 6.16. The summed E-state index contributed by atoms with van der Waals surface area (Å²) in [6.07, 6.45) is 0. The summed E-state index contributed by atoms with van der Waals surface area (Å²) in [4.78, 5) is 79.8. The second-order valence-electron chi connectivity index (χ2n) is 2.91. The predicted molar refractivity (Wildman–Crippen MR) is 57.3 cm³/mol. The number of nitrogens with zero attached hydrogens (tertiary/aromatic N) is 2. The molecule has 15 nitrogen and oxygen atoms in total. The van der Waals surface area contributed by atoms with E-state index >= 15 is 0 Å².